The van der Waals surface area contributed by atoms with Crippen LogP contribution in [0.4, 0.5) is 18.9 Å². The van der Waals surface area contributed by atoms with Crippen LogP contribution in [-0.2, 0) is 0 Å². The Labute approximate surface area is 81.6 Å². The summed E-state index contributed by atoms with van der Waals surface area (Å²) in [5.74, 6) is -1.60. The summed E-state index contributed by atoms with van der Waals surface area (Å²) in [5, 5.41) is 10.4. The van der Waals surface area contributed by atoms with Gasteiger partial charge in [0.05, 0.1) is 4.92 Å². The Morgan fingerprint density at radius 1 is 1.60 bits per heavy atom. The number of hydrogen-bond acceptors (Lipinski definition) is 4. The summed E-state index contributed by atoms with van der Waals surface area (Å²) in [6.45, 7) is -1.04. The van der Waals surface area contributed by atoms with E-state index in [2.05, 4.69) is 9.72 Å². The highest BCUT2D eigenvalue weighted by Gasteiger charge is 2.18. The Balaban J connectivity index is 2.92. The van der Waals surface area contributed by atoms with Gasteiger partial charge in [0, 0.05) is 6.07 Å². The molecule has 0 amide bonds. The molecule has 0 atom stereocenters. The first-order chi connectivity index (χ1) is 7.00. The number of aromatic nitrogens is 1. The number of hydrogen-bond donors (Lipinski definition) is 0. The molecule has 0 unspecified atom stereocenters. The lowest BCUT2D eigenvalue weighted by molar-refractivity contribution is -0.386. The van der Waals surface area contributed by atoms with Crippen LogP contribution in [0.25, 0.3) is 0 Å². The maximum atomic E-state index is 12.5. The quantitative estimate of drug-likeness (QED) is 0.442. The molecule has 82 valence electrons. The van der Waals surface area contributed by atoms with Gasteiger partial charge in [-0.3, -0.25) is 10.1 Å². The van der Waals surface area contributed by atoms with Gasteiger partial charge in [0.2, 0.25) is 11.7 Å². The Bertz CT molecular complexity index is 372. The Hall–Kier alpha value is -1.86. The summed E-state index contributed by atoms with van der Waals surface area (Å²) in [7, 11) is 0. The van der Waals surface area contributed by atoms with Crippen molar-refractivity contribution in [3.8, 4) is 5.75 Å². The third kappa shape index (κ3) is 3.08. The van der Waals surface area contributed by atoms with E-state index in [9.17, 15) is 23.3 Å². The van der Waals surface area contributed by atoms with Gasteiger partial charge in [-0.1, -0.05) is 0 Å². The average Bonchev–Trinajstić information content (AvgIpc) is 2.14. The van der Waals surface area contributed by atoms with Crippen LogP contribution in [0.1, 0.15) is 0 Å². The van der Waals surface area contributed by atoms with Crippen LogP contribution in [0.2, 0.25) is 0 Å². The number of alkyl halides is 2. The lowest BCUT2D eigenvalue weighted by Crippen LogP contribution is -2.08. The normalized spacial score (nSPS) is 10.4. The van der Waals surface area contributed by atoms with E-state index in [1.165, 1.54) is 0 Å². The van der Waals surface area contributed by atoms with Gasteiger partial charge in [0.25, 0.3) is 6.43 Å². The molecule has 1 rings (SSSR count). The van der Waals surface area contributed by atoms with Gasteiger partial charge in [0.1, 0.15) is 12.8 Å². The minimum absolute atomic E-state index is 0.562. The maximum Gasteiger partial charge on any atom is 0.329 e. The molecular weight excluding hydrogens is 217 g/mol. The van der Waals surface area contributed by atoms with Crippen LogP contribution >= 0.6 is 0 Å². The van der Waals surface area contributed by atoms with Crippen LogP contribution in [0.3, 0.4) is 0 Å². The Kier molecular flexibility index (Phi) is 3.42. The van der Waals surface area contributed by atoms with Gasteiger partial charge < -0.3 is 4.74 Å². The molecule has 1 aromatic rings. The zero-order valence-corrected chi connectivity index (χ0v) is 7.19. The highest BCUT2D eigenvalue weighted by atomic mass is 19.3. The van der Waals surface area contributed by atoms with E-state index >= 15 is 0 Å². The monoisotopic (exact) mass is 222 g/mol. The summed E-state index contributed by atoms with van der Waals surface area (Å²) in [6.07, 6.45) is -2.18. The van der Waals surface area contributed by atoms with Crippen LogP contribution < -0.4 is 4.74 Å². The van der Waals surface area contributed by atoms with E-state index in [1.54, 1.807) is 0 Å². The van der Waals surface area contributed by atoms with Crippen LogP contribution in [-0.4, -0.2) is 22.9 Å². The Morgan fingerprint density at radius 3 is 2.80 bits per heavy atom. The third-order valence-electron chi connectivity index (χ3n) is 1.37. The zero-order chi connectivity index (χ0) is 11.4. The second kappa shape index (κ2) is 4.58. The first-order valence-corrected chi connectivity index (χ1v) is 3.71. The SMILES string of the molecule is O=[N+]([O-])c1cnc(F)cc1OCC(F)F. The minimum Gasteiger partial charge on any atom is -0.481 e. The molecule has 0 saturated carbocycles. The van der Waals surface area contributed by atoms with E-state index in [-0.39, 0.29) is 0 Å². The molecular formula is C7H5F3N2O3. The van der Waals surface area contributed by atoms with Crippen LogP contribution in [0.5, 0.6) is 5.75 Å². The number of rotatable bonds is 4. The van der Waals surface area contributed by atoms with Crippen molar-refractivity contribution in [2.24, 2.45) is 0 Å². The summed E-state index contributed by atoms with van der Waals surface area (Å²) in [4.78, 5) is 12.5. The van der Waals surface area contributed by atoms with Crippen molar-refractivity contribution in [2.45, 2.75) is 6.43 Å². The molecule has 1 heterocycles. The second-order valence-electron chi connectivity index (χ2n) is 2.43. The topological polar surface area (TPSA) is 65.3 Å². The summed E-state index contributed by atoms with van der Waals surface area (Å²) >= 11 is 0. The minimum atomic E-state index is -2.79. The molecule has 0 N–H and O–H groups in total. The van der Waals surface area contributed by atoms with Crippen molar-refractivity contribution < 1.29 is 22.8 Å². The lowest BCUT2D eigenvalue weighted by Gasteiger charge is -2.05. The van der Waals surface area contributed by atoms with Crippen LogP contribution in [0, 0.1) is 16.1 Å². The van der Waals surface area contributed by atoms with Crippen molar-refractivity contribution in [3.63, 3.8) is 0 Å². The van der Waals surface area contributed by atoms with Crippen molar-refractivity contribution in [1.82, 2.24) is 4.98 Å². The van der Waals surface area contributed by atoms with Crippen molar-refractivity contribution >= 4 is 5.69 Å². The van der Waals surface area contributed by atoms with E-state index in [0.29, 0.717) is 12.3 Å². The van der Waals surface area contributed by atoms with E-state index in [1.807, 2.05) is 0 Å². The fraction of sp³-hybridized carbons (Fsp3) is 0.286. The largest absolute Gasteiger partial charge is 0.481 e. The summed E-state index contributed by atoms with van der Waals surface area (Å²) < 4.78 is 40.4. The standard InChI is InChI=1S/C7H5F3N2O3/c8-6(9)3-15-5-1-7(10)11-2-4(5)12(13)14/h1-2,6H,3H2. The number of ether oxygens (including phenoxy) is 1. The molecule has 8 heteroatoms. The van der Waals surface area contributed by atoms with Crippen LogP contribution in [0.15, 0.2) is 12.3 Å². The molecule has 0 aliphatic heterocycles. The molecule has 0 fully saturated rings. The molecule has 0 saturated heterocycles. The molecule has 1 aromatic heterocycles. The van der Waals surface area contributed by atoms with Gasteiger partial charge in [-0.25, -0.2) is 13.8 Å². The summed E-state index contributed by atoms with van der Waals surface area (Å²) in [5.41, 5.74) is -0.656. The smallest absolute Gasteiger partial charge is 0.329 e. The predicted octanol–water partition coefficient (Wildman–Crippen LogP) is 1.77. The number of halogens is 3. The number of nitro groups is 1. The van der Waals surface area contributed by atoms with E-state index < -0.39 is 35.3 Å². The van der Waals surface area contributed by atoms with Crippen molar-refractivity contribution in [3.05, 3.63) is 28.3 Å². The molecule has 0 aliphatic carbocycles. The van der Waals surface area contributed by atoms with E-state index in [0.717, 1.165) is 0 Å². The second-order valence-corrected chi connectivity index (χ2v) is 2.43. The fourth-order valence-corrected chi connectivity index (χ4v) is 0.811. The fourth-order valence-electron chi connectivity index (χ4n) is 0.811. The van der Waals surface area contributed by atoms with Gasteiger partial charge in [-0.2, -0.15) is 4.39 Å². The zero-order valence-electron chi connectivity index (χ0n) is 7.19. The van der Waals surface area contributed by atoms with Crippen molar-refractivity contribution in [2.75, 3.05) is 6.61 Å². The van der Waals surface area contributed by atoms with Crippen molar-refractivity contribution in [1.29, 1.82) is 0 Å². The van der Waals surface area contributed by atoms with Gasteiger partial charge in [-0.15, -0.1) is 0 Å². The number of nitrogens with zero attached hydrogens (tertiary/aromatic N) is 2. The Morgan fingerprint density at radius 2 is 2.27 bits per heavy atom. The van der Waals surface area contributed by atoms with Gasteiger partial charge in [0.15, 0.2) is 0 Å². The molecule has 0 aromatic carbocycles. The first kappa shape index (κ1) is 11.2. The lowest BCUT2D eigenvalue weighted by atomic mass is 10.4. The van der Waals surface area contributed by atoms with E-state index in [4.69, 9.17) is 0 Å². The molecule has 0 bridgehead atoms. The van der Waals surface area contributed by atoms with Gasteiger partial charge >= 0.3 is 5.69 Å². The highest BCUT2D eigenvalue weighted by molar-refractivity contribution is 5.43. The molecule has 0 radical (unpaired) electrons. The highest BCUT2D eigenvalue weighted by Crippen LogP contribution is 2.26. The molecule has 0 spiro atoms. The predicted molar refractivity (Wildman–Crippen MR) is 42.3 cm³/mol. The maximum absolute atomic E-state index is 12.5. The first-order valence-electron chi connectivity index (χ1n) is 3.71. The molecule has 15 heavy (non-hydrogen) atoms. The average molecular weight is 222 g/mol. The summed E-state index contributed by atoms with van der Waals surface area (Å²) in [6, 6.07) is 0.584. The molecule has 0 aliphatic rings. The number of pyridine rings is 1. The molecule has 5 nitrogen and oxygen atoms in total. The van der Waals surface area contributed by atoms with Gasteiger partial charge in [-0.05, 0) is 0 Å². The third-order valence-corrected chi connectivity index (χ3v) is 1.37.